The lowest BCUT2D eigenvalue weighted by molar-refractivity contribution is -0.139. The highest BCUT2D eigenvalue weighted by Gasteiger charge is 2.33. The minimum Gasteiger partial charge on any atom is -0.335 e. The number of likely N-dealkylation sites (N-methyl/N-ethyl adjacent to an activating group) is 1. The van der Waals surface area contributed by atoms with Crippen LogP contribution in [0.3, 0.4) is 0 Å². The quantitative estimate of drug-likeness (QED) is 0.717. The molecule has 0 aromatic heterocycles. The SMILES string of the molecule is CCCC(NC)C(=O)N(C(CC)CC)C1CCNCC1. The molecule has 4 heteroatoms. The zero-order valence-corrected chi connectivity index (χ0v) is 13.7. The molecule has 0 saturated carbocycles. The van der Waals surface area contributed by atoms with Gasteiger partial charge >= 0.3 is 0 Å². The van der Waals surface area contributed by atoms with Gasteiger partial charge in [0.1, 0.15) is 0 Å². The first kappa shape index (κ1) is 17.4. The van der Waals surface area contributed by atoms with Gasteiger partial charge in [0, 0.05) is 12.1 Å². The van der Waals surface area contributed by atoms with E-state index >= 15 is 0 Å². The Kier molecular flexibility index (Phi) is 8.15. The highest BCUT2D eigenvalue weighted by molar-refractivity contribution is 5.82. The van der Waals surface area contributed by atoms with Crippen LogP contribution in [-0.4, -0.2) is 49.1 Å². The van der Waals surface area contributed by atoms with Gasteiger partial charge in [0.25, 0.3) is 0 Å². The van der Waals surface area contributed by atoms with Gasteiger partial charge in [0.05, 0.1) is 6.04 Å². The topological polar surface area (TPSA) is 44.4 Å². The first-order valence-corrected chi connectivity index (χ1v) is 8.39. The summed E-state index contributed by atoms with van der Waals surface area (Å²) >= 11 is 0. The molecule has 0 radical (unpaired) electrons. The van der Waals surface area contributed by atoms with E-state index in [1.165, 1.54) is 0 Å². The summed E-state index contributed by atoms with van der Waals surface area (Å²) in [5.41, 5.74) is 0. The van der Waals surface area contributed by atoms with E-state index in [0.29, 0.717) is 18.0 Å². The number of carbonyl (C=O) groups excluding carboxylic acids is 1. The average molecular weight is 283 g/mol. The Morgan fingerprint density at radius 1 is 1.25 bits per heavy atom. The summed E-state index contributed by atoms with van der Waals surface area (Å²) < 4.78 is 0. The van der Waals surface area contributed by atoms with Crippen LogP contribution in [0.1, 0.15) is 59.3 Å². The van der Waals surface area contributed by atoms with Crippen molar-refractivity contribution in [2.75, 3.05) is 20.1 Å². The molecule has 1 aliphatic heterocycles. The molecule has 1 atom stereocenters. The van der Waals surface area contributed by atoms with E-state index in [0.717, 1.165) is 51.6 Å². The van der Waals surface area contributed by atoms with Crippen molar-refractivity contribution in [2.24, 2.45) is 0 Å². The molecule has 1 saturated heterocycles. The summed E-state index contributed by atoms with van der Waals surface area (Å²) in [5.74, 6) is 0.315. The van der Waals surface area contributed by atoms with E-state index in [2.05, 4.69) is 36.3 Å². The Morgan fingerprint density at radius 2 is 1.85 bits per heavy atom. The van der Waals surface area contributed by atoms with E-state index in [4.69, 9.17) is 0 Å². The van der Waals surface area contributed by atoms with Crippen LogP contribution in [0.4, 0.5) is 0 Å². The molecule has 20 heavy (non-hydrogen) atoms. The second kappa shape index (κ2) is 9.35. The molecule has 4 nitrogen and oxygen atoms in total. The Morgan fingerprint density at radius 3 is 2.30 bits per heavy atom. The lowest BCUT2D eigenvalue weighted by atomic mass is 9.98. The summed E-state index contributed by atoms with van der Waals surface area (Å²) in [7, 11) is 1.91. The second-order valence-electron chi connectivity index (χ2n) is 5.83. The predicted octanol–water partition coefficient (Wildman–Crippen LogP) is 2.14. The van der Waals surface area contributed by atoms with Crippen molar-refractivity contribution in [2.45, 2.75) is 77.4 Å². The van der Waals surface area contributed by atoms with Gasteiger partial charge in [-0.25, -0.2) is 0 Å². The maximum absolute atomic E-state index is 13.0. The number of nitrogens with one attached hydrogen (secondary N) is 2. The van der Waals surface area contributed by atoms with Crippen LogP contribution in [0.25, 0.3) is 0 Å². The van der Waals surface area contributed by atoms with Crippen LogP contribution in [0.5, 0.6) is 0 Å². The summed E-state index contributed by atoms with van der Waals surface area (Å²) in [5, 5.41) is 6.62. The van der Waals surface area contributed by atoms with Gasteiger partial charge in [0.2, 0.25) is 5.91 Å². The third-order valence-corrected chi connectivity index (χ3v) is 4.52. The van der Waals surface area contributed by atoms with Gasteiger partial charge in [-0.15, -0.1) is 0 Å². The molecule has 1 rings (SSSR count). The molecule has 0 spiro atoms. The second-order valence-corrected chi connectivity index (χ2v) is 5.83. The lowest BCUT2D eigenvalue weighted by Gasteiger charge is -2.41. The molecular weight excluding hydrogens is 250 g/mol. The molecule has 2 N–H and O–H groups in total. The van der Waals surface area contributed by atoms with Gasteiger partial charge in [-0.3, -0.25) is 4.79 Å². The Bertz CT molecular complexity index is 273. The highest BCUT2D eigenvalue weighted by Crippen LogP contribution is 2.21. The minimum atomic E-state index is -0.0181. The number of amides is 1. The lowest BCUT2D eigenvalue weighted by Crippen LogP contribution is -2.56. The normalized spacial score (nSPS) is 18.2. The van der Waals surface area contributed by atoms with Crippen molar-refractivity contribution >= 4 is 5.91 Å². The highest BCUT2D eigenvalue weighted by atomic mass is 16.2. The molecule has 1 heterocycles. The fourth-order valence-electron chi connectivity index (χ4n) is 3.28. The predicted molar refractivity (Wildman–Crippen MR) is 84.9 cm³/mol. The van der Waals surface area contributed by atoms with E-state index in [1.54, 1.807) is 0 Å². The Balaban J connectivity index is 2.86. The van der Waals surface area contributed by atoms with Gasteiger partial charge < -0.3 is 15.5 Å². The van der Waals surface area contributed by atoms with Gasteiger partial charge in [-0.2, -0.15) is 0 Å². The number of carbonyl (C=O) groups is 1. The van der Waals surface area contributed by atoms with E-state index in [1.807, 2.05) is 7.05 Å². The molecular formula is C16H33N3O. The van der Waals surface area contributed by atoms with Crippen LogP contribution in [0.15, 0.2) is 0 Å². The zero-order valence-electron chi connectivity index (χ0n) is 13.7. The average Bonchev–Trinajstić information content (AvgIpc) is 2.50. The maximum Gasteiger partial charge on any atom is 0.240 e. The van der Waals surface area contributed by atoms with E-state index in [-0.39, 0.29) is 6.04 Å². The number of hydrogen-bond acceptors (Lipinski definition) is 3. The van der Waals surface area contributed by atoms with Gasteiger partial charge in [0.15, 0.2) is 0 Å². The van der Waals surface area contributed by atoms with Crippen LogP contribution in [0, 0.1) is 0 Å². The fraction of sp³-hybridized carbons (Fsp3) is 0.938. The van der Waals surface area contributed by atoms with Crippen molar-refractivity contribution < 1.29 is 4.79 Å². The summed E-state index contributed by atoms with van der Waals surface area (Å²) in [6, 6.07) is 0.787. The van der Waals surface area contributed by atoms with Crippen LogP contribution in [0.2, 0.25) is 0 Å². The minimum absolute atomic E-state index is 0.0181. The van der Waals surface area contributed by atoms with Crippen LogP contribution in [-0.2, 0) is 4.79 Å². The van der Waals surface area contributed by atoms with Gasteiger partial charge in [-0.1, -0.05) is 27.2 Å². The number of piperidine rings is 1. The molecule has 1 aliphatic rings. The smallest absolute Gasteiger partial charge is 0.240 e. The zero-order chi connectivity index (χ0) is 15.0. The number of rotatable bonds is 8. The van der Waals surface area contributed by atoms with Crippen molar-refractivity contribution in [3.63, 3.8) is 0 Å². The van der Waals surface area contributed by atoms with E-state index < -0.39 is 0 Å². The fourth-order valence-corrected chi connectivity index (χ4v) is 3.28. The largest absolute Gasteiger partial charge is 0.335 e. The summed E-state index contributed by atoms with van der Waals surface area (Å²) in [4.78, 5) is 15.2. The molecule has 0 bridgehead atoms. The summed E-state index contributed by atoms with van der Waals surface area (Å²) in [6.07, 6.45) is 6.25. The Hall–Kier alpha value is -0.610. The molecule has 1 unspecified atom stereocenters. The molecule has 1 amide bonds. The standard InChI is InChI=1S/C16H33N3O/c1-5-8-15(17-4)16(20)19(13(6-2)7-3)14-9-11-18-12-10-14/h13-15,17-18H,5-12H2,1-4H3. The monoisotopic (exact) mass is 283 g/mol. The molecule has 1 fully saturated rings. The Labute approximate surface area is 124 Å². The van der Waals surface area contributed by atoms with E-state index in [9.17, 15) is 4.79 Å². The molecule has 0 aromatic carbocycles. The van der Waals surface area contributed by atoms with Crippen molar-refractivity contribution in [3.05, 3.63) is 0 Å². The summed E-state index contributed by atoms with van der Waals surface area (Å²) in [6.45, 7) is 8.61. The van der Waals surface area contributed by atoms with Crippen LogP contribution >= 0.6 is 0 Å². The first-order valence-electron chi connectivity index (χ1n) is 8.39. The van der Waals surface area contributed by atoms with Crippen molar-refractivity contribution in [1.82, 2.24) is 15.5 Å². The molecule has 0 aromatic rings. The molecule has 118 valence electrons. The van der Waals surface area contributed by atoms with Crippen LogP contribution < -0.4 is 10.6 Å². The van der Waals surface area contributed by atoms with Gasteiger partial charge in [-0.05, 0) is 52.2 Å². The third kappa shape index (κ3) is 4.45. The third-order valence-electron chi connectivity index (χ3n) is 4.52. The van der Waals surface area contributed by atoms with Crippen molar-refractivity contribution in [1.29, 1.82) is 0 Å². The molecule has 0 aliphatic carbocycles. The first-order chi connectivity index (χ1) is 9.69. The number of hydrogen-bond donors (Lipinski definition) is 2. The van der Waals surface area contributed by atoms with Crippen molar-refractivity contribution in [3.8, 4) is 0 Å². The maximum atomic E-state index is 13.0. The number of nitrogens with zero attached hydrogens (tertiary/aromatic N) is 1.